The van der Waals surface area contributed by atoms with Gasteiger partial charge in [0, 0.05) is 84.9 Å². The number of alkyl halides is 2. The second-order valence-corrected chi connectivity index (χ2v) is 10.8. The Bertz CT molecular complexity index is 1800. The normalized spacial score (nSPS) is 15.8. The molecule has 1 aromatic carbocycles. The molecule has 2 aliphatic rings. The summed E-state index contributed by atoms with van der Waals surface area (Å²) in [4.78, 5) is 14.7. The molecule has 0 radical (unpaired) electrons. The van der Waals surface area contributed by atoms with Crippen LogP contribution in [0.2, 0.25) is 0 Å². The lowest BCUT2D eigenvalue weighted by atomic mass is 10.0. The molecule has 4 heterocycles. The summed E-state index contributed by atoms with van der Waals surface area (Å²) in [6.45, 7) is 0. The van der Waals surface area contributed by atoms with Crippen LogP contribution in [-0.2, 0) is 21.1 Å². The van der Waals surface area contributed by atoms with Crippen molar-refractivity contribution in [2.75, 3.05) is 5.73 Å². The number of fused-ring (bicyclic) bond motifs is 1. The van der Waals surface area contributed by atoms with E-state index >= 15 is 0 Å². The Labute approximate surface area is 229 Å². The van der Waals surface area contributed by atoms with E-state index in [4.69, 9.17) is 15.7 Å². The van der Waals surface area contributed by atoms with Gasteiger partial charge in [-0.1, -0.05) is 12.1 Å². The van der Waals surface area contributed by atoms with E-state index in [9.17, 15) is 8.78 Å². The molecule has 2 fully saturated rings. The Hall–Kier alpha value is -4.41. The standard InChI is InChI=1S/C29H29F2N9/c1-38-14-17-11-19(24(15-7-8-15)34-28(17)37-38)29-35-25(26(39(29)2)16-9-10-16)18-5-4-6-21(32)20(18)13-33-23-12-22(27(30)31)40(3)36-23/h4-6,11-16,27H,7-10,32H2,1-3H3. The first-order valence-corrected chi connectivity index (χ1v) is 13.4. The van der Waals surface area contributed by atoms with E-state index in [0.717, 1.165) is 75.4 Å². The highest BCUT2D eigenvalue weighted by Gasteiger charge is 2.35. The first kappa shape index (κ1) is 24.6. The maximum absolute atomic E-state index is 13.3. The molecule has 11 heteroatoms. The van der Waals surface area contributed by atoms with E-state index in [-0.39, 0.29) is 11.5 Å². The van der Waals surface area contributed by atoms with Crippen LogP contribution in [0.4, 0.5) is 20.3 Å². The van der Waals surface area contributed by atoms with Crippen LogP contribution in [0, 0.1) is 0 Å². The molecule has 0 saturated heterocycles. The Balaban J connectivity index is 1.38. The van der Waals surface area contributed by atoms with Gasteiger partial charge >= 0.3 is 0 Å². The number of nitrogen functional groups attached to an aromatic ring is 1. The van der Waals surface area contributed by atoms with Crippen molar-refractivity contribution >= 4 is 28.8 Å². The number of aromatic nitrogens is 7. The molecule has 2 N–H and O–H groups in total. The number of hydrogen-bond donors (Lipinski definition) is 1. The molecule has 0 amide bonds. The van der Waals surface area contributed by atoms with E-state index in [1.807, 2.05) is 25.4 Å². The lowest BCUT2D eigenvalue weighted by Crippen LogP contribution is -2.02. The minimum absolute atomic E-state index is 0.190. The summed E-state index contributed by atoms with van der Waals surface area (Å²) < 4.78 is 31.7. The number of aryl methyl sites for hydroxylation is 2. The zero-order valence-corrected chi connectivity index (χ0v) is 22.5. The monoisotopic (exact) mass is 541 g/mol. The van der Waals surface area contributed by atoms with E-state index in [1.165, 1.54) is 13.1 Å². The zero-order valence-electron chi connectivity index (χ0n) is 22.5. The lowest BCUT2D eigenvalue weighted by Gasteiger charge is -2.10. The second-order valence-electron chi connectivity index (χ2n) is 10.8. The van der Waals surface area contributed by atoms with Crippen LogP contribution in [0.1, 0.15) is 66.6 Å². The van der Waals surface area contributed by atoms with E-state index in [1.54, 1.807) is 17.0 Å². The summed E-state index contributed by atoms with van der Waals surface area (Å²) in [6, 6.07) is 9.15. The minimum Gasteiger partial charge on any atom is -0.398 e. The van der Waals surface area contributed by atoms with Crippen LogP contribution in [-0.4, -0.2) is 40.3 Å². The van der Waals surface area contributed by atoms with Crippen LogP contribution >= 0.6 is 0 Å². The smallest absolute Gasteiger partial charge is 0.280 e. The molecule has 0 spiro atoms. The number of rotatable bonds is 7. The molecular weight excluding hydrogens is 512 g/mol. The van der Waals surface area contributed by atoms with Crippen LogP contribution in [0.3, 0.4) is 0 Å². The average molecular weight is 542 g/mol. The molecule has 5 aromatic rings. The number of hydrogen-bond acceptors (Lipinski definition) is 6. The number of pyridine rings is 1. The molecule has 2 saturated carbocycles. The Kier molecular flexibility index (Phi) is 5.58. The first-order chi connectivity index (χ1) is 19.3. The summed E-state index contributed by atoms with van der Waals surface area (Å²) in [6.07, 6.45) is 5.37. The highest BCUT2D eigenvalue weighted by atomic mass is 19.3. The SMILES string of the molecule is Cn1cc2cc(-c3nc(-c4cccc(N)c4C=Nc4cc(C(F)F)n(C)n4)c(C4CC4)n3C)c(C3CC3)nc2n1. The van der Waals surface area contributed by atoms with Gasteiger partial charge in [-0.15, -0.1) is 0 Å². The quantitative estimate of drug-likeness (QED) is 0.207. The van der Waals surface area contributed by atoms with Crippen molar-refractivity contribution in [1.82, 2.24) is 34.1 Å². The van der Waals surface area contributed by atoms with Gasteiger partial charge in [0.2, 0.25) is 0 Å². The molecule has 0 aliphatic heterocycles. The maximum atomic E-state index is 13.3. The summed E-state index contributed by atoms with van der Waals surface area (Å²) >= 11 is 0. The van der Waals surface area contributed by atoms with Crippen molar-refractivity contribution in [1.29, 1.82) is 0 Å². The van der Waals surface area contributed by atoms with Crippen molar-refractivity contribution in [2.45, 2.75) is 43.9 Å². The summed E-state index contributed by atoms with van der Waals surface area (Å²) in [7, 11) is 5.46. The third-order valence-corrected chi connectivity index (χ3v) is 7.79. The fraction of sp³-hybridized carbons (Fsp3) is 0.345. The number of imidazole rings is 1. The van der Waals surface area contributed by atoms with Gasteiger partial charge in [-0.25, -0.2) is 23.7 Å². The minimum atomic E-state index is -2.63. The fourth-order valence-corrected chi connectivity index (χ4v) is 5.51. The Morgan fingerprint density at radius 3 is 2.48 bits per heavy atom. The molecule has 2 aliphatic carbocycles. The lowest BCUT2D eigenvalue weighted by molar-refractivity contribution is 0.141. The molecule has 9 nitrogen and oxygen atoms in total. The number of halogens is 2. The maximum Gasteiger partial charge on any atom is 0.280 e. The number of anilines is 1. The van der Waals surface area contributed by atoms with E-state index in [2.05, 4.69) is 32.9 Å². The van der Waals surface area contributed by atoms with Gasteiger partial charge in [0.05, 0.1) is 11.4 Å². The van der Waals surface area contributed by atoms with Crippen molar-refractivity contribution in [3.05, 3.63) is 59.2 Å². The molecule has 40 heavy (non-hydrogen) atoms. The third kappa shape index (κ3) is 4.16. The highest BCUT2D eigenvalue weighted by molar-refractivity contribution is 5.97. The number of nitrogens with two attached hydrogens (primary N) is 1. The Morgan fingerprint density at radius 2 is 1.77 bits per heavy atom. The number of nitrogens with zero attached hydrogens (tertiary/aromatic N) is 8. The molecule has 0 unspecified atom stereocenters. The molecule has 204 valence electrons. The van der Waals surface area contributed by atoms with Gasteiger partial charge in [0.25, 0.3) is 6.43 Å². The molecule has 0 bridgehead atoms. The van der Waals surface area contributed by atoms with E-state index in [0.29, 0.717) is 23.1 Å². The average Bonchev–Trinajstić information content (AvgIpc) is 3.83. The van der Waals surface area contributed by atoms with E-state index < -0.39 is 6.43 Å². The Morgan fingerprint density at radius 1 is 1.00 bits per heavy atom. The van der Waals surface area contributed by atoms with Gasteiger partial charge in [-0.2, -0.15) is 10.2 Å². The van der Waals surface area contributed by atoms with Gasteiger partial charge in [0.1, 0.15) is 11.5 Å². The first-order valence-electron chi connectivity index (χ1n) is 13.4. The zero-order chi connectivity index (χ0) is 27.7. The van der Waals surface area contributed by atoms with Crippen molar-refractivity contribution in [2.24, 2.45) is 26.1 Å². The number of aliphatic imine (C=N–C) groups is 1. The molecule has 7 rings (SSSR count). The van der Waals surface area contributed by atoms with Gasteiger partial charge < -0.3 is 10.3 Å². The van der Waals surface area contributed by atoms with Crippen molar-refractivity contribution in [3.63, 3.8) is 0 Å². The van der Waals surface area contributed by atoms with Crippen molar-refractivity contribution < 1.29 is 8.78 Å². The second kappa shape index (κ2) is 9.07. The topological polar surface area (TPSA) is 105 Å². The molecule has 4 aromatic heterocycles. The van der Waals surface area contributed by atoms with Gasteiger partial charge in [-0.3, -0.25) is 9.36 Å². The van der Waals surface area contributed by atoms with Crippen LogP contribution in [0.15, 0.2) is 41.5 Å². The van der Waals surface area contributed by atoms with Gasteiger partial charge in [0.15, 0.2) is 11.5 Å². The summed E-state index contributed by atoms with van der Waals surface area (Å²) in [5.41, 5.74) is 13.2. The highest BCUT2D eigenvalue weighted by Crippen LogP contribution is 2.48. The van der Waals surface area contributed by atoms with Crippen LogP contribution < -0.4 is 5.73 Å². The largest absolute Gasteiger partial charge is 0.398 e. The summed E-state index contributed by atoms with van der Waals surface area (Å²) in [5, 5.41) is 9.63. The predicted octanol–water partition coefficient (Wildman–Crippen LogP) is 5.79. The van der Waals surface area contributed by atoms with Crippen molar-refractivity contribution in [3.8, 4) is 22.6 Å². The predicted molar refractivity (Wildman–Crippen MR) is 150 cm³/mol. The van der Waals surface area contributed by atoms with Crippen LogP contribution in [0.25, 0.3) is 33.7 Å². The number of benzene rings is 1. The van der Waals surface area contributed by atoms with Crippen LogP contribution in [0.5, 0.6) is 0 Å². The molecule has 0 atom stereocenters. The third-order valence-electron chi connectivity index (χ3n) is 7.79. The molecular formula is C29H29F2N9. The fourth-order valence-electron chi connectivity index (χ4n) is 5.51. The van der Waals surface area contributed by atoms with Gasteiger partial charge in [-0.05, 0) is 37.8 Å². The summed E-state index contributed by atoms with van der Waals surface area (Å²) in [5.74, 6) is 1.88.